The first kappa shape index (κ1) is 15.9. The summed E-state index contributed by atoms with van der Waals surface area (Å²) in [4.78, 5) is 39.4. The molecule has 0 aliphatic heterocycles. The van der Waals surface area contributed by atoms with Crippen molar-refractivity contribution in [3.8, 4) is 0 Å². The van der Waals surface area contributed by atoms with Crippen LogP contribution in [0.4, 0.5) is 5.69 Å². The fourth-order valence-electron chi connectivity index (χ4n) is 3.08. The molecule has 26 heavy (non-hydrogen) atoms. The van der Waals surface area contributed by atoms with Gasteiger partial charge >= 0.3 is 5.76 Å². The number of hydrogen-bond acceptors (Lipinski definition) is 4. The van der Waals surface area contributed by atoms with E-state index >= 15 is 0 Å². The summed E-state index contributed by atoms with van der Waals surface area (Å²) in [7, 11) is 1.59. The van der Waals surface area contributed by atoms with E-state index in [0.717, 1.165) is 0 Å². The number of pyridine rings is 1. The van der Waals surface area contributed by atoms with Crippen molar-refractivity contribution < 1.29 is 9.21 Å². The van der Waals surface area contributed by atoms with Gasteiger partial charge in [0, 0.05) is 12.4 Å². The number of hydrogen-bond donors (Lipinski definition) is 2. The molecular formula is C19H15N3O4. The summed E-state index contributed by atoms with van der Waals surface area (Å²) < 4.78 is 6.57. The number of anilines is 1. The van der Waals surface area contributed by atoms with Gasteiger partial charge in [0.05, 0.1) is 11.2 Å². The second kappa shape index (κ2) is 5.73. The molecule has 4 aromatic rings. The molecule has 130 valence electrons. The Morgan fingerprint density at radius 1 is 1.08 bits per heavy atom. The minimum absolute atomic E-state index is 0.170. The molecule has 2 aromatic heterocycles. The number of oxazole rings is 1. The standard InChI is InChI=1S/C19H15N3O4/c1-10-11-6-3-4-7-12(11)17(23)21-15(10)18(24)20-13-8-5-9-14-16(13)26-19(25)22(14)2/h3-9H,1-2H3,(H,20,24)(H,21,23). The minimum Gasteiger partial charge on any atom is -0.405 e. The van der Waals surface area contributed by atoms with Gasteiger partial charge in [-0.05, 0) is 36.1 Å². The number of rotatable bonds is 2. The lowest BCUT2D eigenvalue weighted by molar-refractivity contribution is 0.102. The Hall–Kier alpha value is -3.61. The maximum Gasteiger partial charge on any atom is 0.419 e. The minimum atomic E-state index is -0.517. The van der Waals surface area contributed by atoms with Crippen LogP contribution in [-0.2, 0) is 7.05 Å². The van der Waals surface area contributed by atoms with Crippen LogP contribution < -0.4 is 16.6 Å². The van der Waals surface area contributed by atoms with Gasteiger partial charge < -0.3 is 14.7 Å². The van der Waals surface area contributed by atoms with Crippen LogP contribution in [-0.4, -0.2) is 15.5 Å². The molecule has 2 heterocycles. The van der Waals surface area contributed by atoms with E-state index in [9.17, 15) is 14.4 Å². The average Bonchev–Trinajstić information content (AvgIpc) is 2.94. The van der Waals surface area contributed by atoms with E-state index in [1.165, 1.54) is 4.57 Å². The molecule has 2 N–H and O–H groups in total. The Labute approximate surface area is 146 Å². The third-order valence-corrected chi connectivity index (χ3v) is 4.48. The predicted octanol–water partition coefficient (Wildman–Crippen LogP) is 2.53. The number of nitrogens with zero attached hydrogens (tertiary/aromatic N) is 1. The first-order valence-corrected chi connectivity index (χ1v) is 7.99. The normalized spacial score (nSPS) is 11.2. The third kappa shape index (κ3) is 2.33. The first-order valence-electron chi connectivity index (χ1n) is 7.99. The summed E-state index contributed by atoms with van der Waals surface area (Å²) in [5, 5.41) is 3.96. The molecule has 0 radical (unpaired) electrons. The Morgan fingerprint density at radius 3 is 2.58 bits per heavy atom. The molecule has 0 aliphatic carbocycles. The largest absolute Gasteiger partial charge is 0.419 e. The molecule has 0 fully saturated rings. The Balaban J connectivity index is 1.82. The molecule has 4 rings (SSSR count). The zero-order valence-corrected chi connectivity index (χ0v) is 14.1. The third-order valence-electron chi connectivity index (χ3n) is 4.48. The van der Waals surface area contributed by atoms with E-state index in [-0.39, 0.29) is 16.8 Å². The molecule has 2 aromatic carbocycles. The number of para-hydroxylation sites is 1. The van der Waals surface area contributed by atoms with Crippen molar-refractivity contribution in [2.24, 2.45) is 7.05 Å². The summed E-state index contributed by atoms with van der Waals surface area (Å²) in [6.45, 7) is 1.77. The number of aromatic nitrogens is 2. The lowest BCUT2D eigenvalue weighted by atomic mass is 10.1. The highest BCUT2D eigenvalue weighted by molar-refractivity contribution is 6.09. The van der Waals surface area contributed by atoms with Gasteiger partial charge in [0.15, 0.2) is 5.58 Å². The number of aromatic amines is 1. The molecule has 0 unspecified atom stereocenters. The monoisotopic (exact) mass is 349 g/mol. The van der Waals surface area contributed by atoms with Crippen LogP contribution in [0, 0.1) is 6.92 Å². The van der Waals surface area contributed by atoms with E-state index in [2.05, 4.69) is 10.3 Å². The van der Waals surface area contributed by atoms with Crippen LogP contribution in [0.5, 0.6) is 0 Å². The number of carbonyl (C=O) groups is 1. The van der Waals surface area contributed by atoms with Crippen molar-refractivity contribution >= 4 is 33.5 Å². The Kier molecular flexibility index (Phi) is 3.50. The summed E-state index contributed by atoms with van der Waals surface area (Å²) >= 11 is 0. The highest BCUT2D eigenvalue weighted by Crippen LogP contribution is 2.23. The highest BCUT2D eigenvalue weighted by atomic mass is 16.4. The molecule has 7 heteroatoms. The van der Waals surface area contributed by atoms with Crippen LogP contribution >= 0.6 is 0 Å². The van der Waals surface area contributed by atoms with Crippen LogP contribution in [0.25, 0.3) is 21.9 Å². The van der Waals surface area contributed by atoms with Crippen LogP contribution in [0.2, 0.25) is 0 Å². The van der Waals surface area contributed by atoms with Gasteiger partial charge in [-0.15, -0.1) is 0 Å². The molecule has 0 saturated heterocycles. The lowest BCUT2D eigenvalue weighted by Gasteiger charge is -2.10. The number of H-pyrrole nitrogens is 1. The van der Waals surface area contributed by atoms with Crippen LogP contribution in [0.1, 0.15) is 16.1 Å². The van der Waals surface area contributed by atoms with E-state index < -0.39 is 11.7 Å². The Bertz CT molecular complexity index is 1290. The SMILES string of the molecule is Cc1c(C(=O)Nc2cccc3c2oc(=O)n3C)[nH]c(=O)c2ccccc12. The quantitative estimate of drug-likeness (QED) is 0.581. The number of amides is 1. The number of nitrogens with one attached hydrogen (secondary N) is 2. The van der Waals surface area contributed by atoms with Gasteiger partial charge in [-0.2, -0.15) is 0 Å². The van der Waals surface area contributed by atoms with Crippen molar-refractivity contribution in [1.29, 1.82) is 0 Å². The second-order valence-corrected chi connectivity index (χ2v) is 6.03. The molecule has 0 aliphatic rings. The smallest absolute Gasteiger partial charge is 0.405 e. The molecular weight excluding hydrogens is 334 g/mol. The summed E-state index contributed by atoms with van der Waals surface area (Å²) in [5.41, 5.74) is 1.72. The number of aryl methyl sites for hydroxylation is 2. The molecule has 0 saturated carbocycles. The predicted molar refractivity (Wildman–Crippen MR) is 98.7 cm³/mol. The number of benzene rings is 2. The summed E-state index contributed by atoms with van der Waals surface area (Å²) in [6, 6.07) is 12.2. The maximum atomic E-state index is 12.8. The zero-order valence-electron chi connectivity index (χ0n) is 14.1. The van der Waals surface area contributed by atoms with E-state index in [1.54, 1.807) is 50.4 Å². The van der Waals surface area contributed by atoms with E-state index in [1.807, 2.05) is 6.07 Å². The second-order valence-electron chi connectivity index (χ2n) is 6.03. The van der Waals surface area contributed by atoms with E-state index in [0.29, 0.717) is 27.5 Å². The van der Waals surface area contributed by atoms with Crippen LogP contribution in [0.3, 0.4) is 0 Å². The van der Waals surface area contributed by atoms with Gasteiger partial charge in [0.25, 0.3) is 11.5 Å². The topological polar surface area (TPSA) is 97.1 Å². The average molecular weight is 349 g/mol. The number of fused-ring (bicyclic) bond motifs is 2. The van der Waals surface area contributed by atoms with Crippen molar-refractivity contribution in [2.45, 2.75) is 6.92 Å². The van der Waals surface area contributed by atoms with Gasteiger partial charge in [-0.25, -0.2) is 4.79 Å². The molecule has 1 amide bonds. The van der Waals surface area contributed by atoms with Gasteiger partial charge in [0.1, 0.15) is 5.69 Å². The van der Waals surface area contributed by atoms with Gasteiger partial charge in [0.2, 0.25) is 0 Å². The van der Waals surface area contributed by atoms with Crippen molar-refractivity contribution in [1.82, 2.24) is 9.55 Å². The Morgan fingerprint density at radius 2 is 1.81 bits per heavy atom. The molecule has 0 spiro atoms. The van der Waals surface area contributed by atoms with Crippen molar-refractivity contribution in [3.63, 3.8) is 0 Å². The fraction of sp³-hybridized carbons (Fsp3) is 0.105. The van der Waals surface area contributed by atoms with Gasteiger partial charge in [-0.1, -0.05) is 24.3 Å². The van der Waals surface area contributed by atoms with E-state index in [4.69, 9.17) is 4.42 Å². The molecule has 0 bridgehead atoms. The fourth-order valence-corrected chi connectivity index (χ4v) is 3.08. The highest BCUT2D eigenvalue weighted by Gasteiger charge is 2.17. The molecule has 0 atom stereocenters. The van der Waals surface area contributed by atoms with Crippen LogP contribution in [0.15, 0.2) is 56.5 Å². The lowest BCUT2D eigenvalue weighted by Crippen LogP contribution is -2.21. The summed E-state index contributed by atoms with van der Waals surface area (Å²) in [5.74, 6) is -0.999. The van der Waals surface area contributed by atoms with Crippen molar-refractivity contribution in [3.05, 3.63) is 74.6 Å². The van der Waals surface area contributed by atoms with Gasteiger partial charge in [-0.3, -0.25) is 14.2 Å². The maximum absolute atomic E-state index is 12.8. The molecule has 7 nitrogen and oxygen atoms in total. The van der Waals surface area contributed by atoms with Crippen molar-refractivity contribution in [2.75, 3.05) is 5.32 Å². The first-order chi connectivity index (χ1) is 12.5. The number of carbonyl (C=O) groups excluding carboxylic acids is 1. The zero-order chi connectivity index (χ0) is 18.4. The summed E-state index contributed by atoms with van der Waals surface area (Å²) in [6.07, 6.45) is 0.